The molecular formula is C14H12F4S. The molecule has 0 nitrogen and oxygen atoms in total. The molecule has 0 spiro atoms. The van der Waals surface area contributed by atoms with Gasteiger partial charge in [0, 0.05) is 15.3 Å². The van der Waals surface area contributed by atoms with Gasteiger partial charge in [-0.25, -0.2) is 17.6 Å². The van der Waals surface area contributed by atoms with Crippen LogP contribution in [0.1, 0.15) is 21.6 Å². The normalized spacial score (nSPS) is 11.2. The van der Waals surface area contributed by atoms with E-state index in [-0.39, 0.29) is 4.88 Å². The van der Waals surface area contributed by atoms with Gasteiger partial charge in [-0.2, -0.15) is 0 Å². The van der Waals surface area contributed by atoms with Gasteiger partial charge < -0.3 is 0 Å². The van der Waals surface area contributed by atoms with E-state index in [0.29, 0.717) is 5.56 Å². The Labute approximate surface area is 112 Å². The van der Waals surface area contributed by atoms with Crippen LogP contribution in [0.15, 0.2) is 0 Å². The maximum absolute atomic E-state index is 13.9. The topological polar surface area (TPSA) is 0 Å². The number of benzene rings is 1. The van der Waals surface area contributed by atoms with Crippen LogP contribution in [-0.2, 0) is 0 Å². The monoisotopic (exact) mass is 288 g/mol. The molecule has 5 heteroatoms. The highest BCUT2D eigenvalue weighted by atomic mass is 32.1. The molecule has 0 saturated heterocycles. The predicted octanol–water partition coefficient (Wildman–Crippen LogP) is 5.21. The van der Waals surface area contributed by atoms with Crippen molar-refractivity contribution >= 4 is 11.3 Å². The van der Waals surface area contributed by atoms with Crippen LogP contribution in [0.4, 0.5) is 17.6 Å². The van der Waals surface area contributed by atoms with Gasteiger partial charge in [0.2, 0.25) is 0 Å². The Hall–Kier alpha value is -1.36. The number of halogens is 4. The van der Waals surface area contributed by atoms with Crippen molar-refractivity contribution in [2.24, 2.45) is 0 Å². The molecule has 0 aliphatic carbocycles. The van der Waals surface area contributed by atoms with E-state index in [2.05, 4.69) is 0 Å². The SMILES string of the molecule is Cc1sc(-c2c(F)c(F)c(C)c(F)c2F)c(C)c1C. The third-order valence-corrected chi connectivity index (χ3v) is 4.72. The number of hydrogen-bond acceptors (Lipinski definition) is 1. The number of thiophene rings is 1. The van der Waals surface area contributed by atoms with Crippen molar-refractivity contribution in [3.63, 3.8) is 0 Å². The van der Waals surface area contributed by atoms with E-state index in [0.717, 1.165) is 28.7 Å². The van der Waals surface area contributed by atoms with Crippen molar-refractivity contribution < 1.29 is 17.6 Å². The molecule has 0 bridgehead atoms. The molecule has 0 atom stereocenters. The summed E-state index contributed by atoms with van der Waals surface area (Å²) < 4.78 is 55.0. The van der Waals surface area contributed by atoms with Gasteiger partial charge in [0.25, 0.3) is 0 Å². The van der Waals surface area contributed by atoms with E-state index in [1.165, 1.54) is 0 Å². The van der Waals surface area contributed by atoms with Crippen LogP contribution in [0.25, 0.3) is 10.4 Å². The lowest BCUT2D eigenvalue weighted by molar-refractivity contribution is 0.449. The second-order valence-electron chi connectivity index (χ2n) is 4.49. The molecule has 2 aromatic rings. The van der Waals surface area contributed by atoms with Crippen LogP contribution >= 0.6 is 11.3 Å². The van der Waals surface area contributed by atoms with Crippen molar-refractivity contribution in [1.82, 2.24) is 0 Å². The van der Waals surface area contributed by atoms with Crippen LogP contribution in [0.2, 0.25) is 0 Å². The Kier molecular flexibility index (Phi) is 3.43. The van der Waals surface area contributed by atoms with Gasteiger partial charge in [0.05, 0.1) is 5.56 Å². The molecule has 0 aliphatic rings. The molecule has 0 fully saturated rings. The first-order chi connectivity index (χ1) is 8.77. The first-order valence-corrected chi connectivity index (χ1v) is 6.48. The van der Waals surface area contributed by atoms with E-state index >= 15 is 0 Å². The van der Waals surface area contributed by atoms with Crippen molar-refractivity contribution in [2.75, 3.05) is 0 Å². The lowest BCUT2D eigenvalue weighted by atomic mass is 10.0. The molecule has 0 amide bonds. The zero-order valence-corrected chi connectivity index (χ0v) is 11.7. The molecule has 0 saturated carbocycles. The average Bonchev–Trinajstić information content (AvgIpc) is 2.62. The lowest BCUT2D eigenvalue weighted by Crippen LogP contribution is -2.02. The van der Waals surface area contributed by atoms with Gasteiger partial charge in [0.15, 0.2) is 23.3 Å². The summed E-state index contributed by atoms with van der Waals surface area (Å²) in [6.07, 6.45) is 0. The van der Waals surface area contributed by atoms with Gasteiger partial charge in [-0.1, -0.05) is 0 Å². The second kappa shape index (κ2) is 4.63. The summed E-state index contributed by atoms with van der Waals surface area (Å²) in [7, 11) is 0. The van der Waals surface area contributed by atoms with Gasteiger partial charge in [-0.3, -0.25) is 0 Å². The summed E-state index contributed by atoms with van der Waals surface area (Å²) in [5.41, 5.74) is 0.267. The molecule has 19 heavy (non-hydrogen) atoms. The van der Waals surface area contributed by atoms with Crippen LogP contribution in [0, 0.1) is 51.0 Å². The number of hydrogen-bond donors (Lipinski definition) is 0. The zero-order chi connectivity index (χ0) is 14.5. The summed E-state index contributed by atoms with van der Waals surface area (Å²) in [5.74, 6) is -5.34. The van der Waals surface area contributed by atoms with Crippen LogP contribution < -0.4 is 0 Å². The van der Waals surface area contributed by atoms with E-state index in [1.807, 2.05) is 0 Å². The Morgan fingerprint density at radius 3 is 1.47 bits per heavy atom. The summed E-state index contributed by atoms with van der Waals surface area (Å²) in [6, 6.07) is 0. The van der Waals surface area contributed by atoms with Crippen LogP contribution in [0.3, 0.4) is 0 Å². The standard InChI is InChI=1S/C14H12F4S/c1-5-6(2)14(19-8(5)4)9-12(17)10(15)7(3)11(16)13(9)18/h1-4H3. The smallest absolute Gasteiger partial charge is 0.170 e. The molecule has 1 aromatic heterocycles. The predicted molar refractivity (Wildman–Crippen MR) is 68.5 cm³/mol. The van der Waals surface area contributed by atoms with E-state index in [9.17, 15) is 17.6 Å². The van der Waals surface area contributed by atoms with Crippen molar-refractivity contribution in [2.45, 2.75) is 27.7 Å². The highest BCUT2D eigenvalue weighted by molar-refractivity contribution is 7.15. The fourth-order valence-corrected chi connectivity index (χ4v) is 3.12. The summed E-state index contributed by atoms with van der Waals surface area (Å²) >= 11 is 1.13. The van der Waals surface area contributed by atoms with Gasteiger partial charge in [-0.15, -0.1) is 11.3 Å². The summed E-state index contributed by atoms with van der Waals surface area (Å²) in [4.78, 5) is 1.11. The minimum absolute atomic E-state index is 0.239. The quantitative estimate of drug-likeness (QED) is 0.499. The fourth-order valence-electron chi connectivity index (χ4n) is 1.92. The van der Waals surface area contributed by atoms with Crippen molar-refractivity contribution in [3.05, 3.63) is 44.8 Å². The zero-order valence-electron chi connectivity index (χ0n) is 10.9. The van der Waals surface area contributed by atoms with E-state index in [4.69, 9.17) is 0 Å². The largest absolute Gasteiger partial charge is 0.203 e. The van der Waals surface area contributed by atoms with Crippen molar-refractivity contribution in [1.29, 1.82) is 0 Å². The molecule has 102 valence electrons. The molecule has 0 N–H and O–H groups in total. The molecule has 0 aliphatic heterocycles. The maximum atomic E-state index is 13.9. The second-order valence-corrected chi connectivity index (χ2v) is 5.72. The molecule has 0 radical (unpaired) electrons. The Morgan fingerprint density at radius 2 is 1.11 bits per heavy atom. The molecule has 0 unspecified atom stereocenters. The van der Waals surface area contributed by atoms with Crippen LogP contribution in [0.5, 0.6) is 0 Å². The number of aryl methyl sites for hydroxylation is 1. The van der Waals surface area contributed by atoms with E-state index < -0.39 is 34.4 Å². The highest BCUT2D eigenvalue weighted by Gasteiger charge is 2.26. The fraction of sp³-hybridized carbons (Fsp3) is 0.286. The van der Waals surface area contributed by atoms with Gasteiger partial charge in [-0.05, 0) is 38.8 Å². The lowest BCUT2D eigenvalue weighted by Gasteiger charge is -2.09. The average molecular weight is 288 g/mol. The Bertz CT molecular complexity index is 642. The Balaban J connectivity index is 2.87. The van der Waals surface area contributed by atoms with Crippen LogP contribution in [-0.4, -0.2) is 0 Å². The van der Waals surface area contributed by atoms with Gasteiger partial charge in [0.1, 0.15) is 0 Å². The first kappa shape index (κ1) is 14.1. The minimum Gasteiger partial charge on any atom is -0.203 e. The molecule has 1 aromatic carbocycles. The molecular weight excluding hydrogens is 276 g/mol. The third-order valence-electron chi connectivity index (χ3n) is 3.40. The van der Waals surface area contributed by atoms with Gasteiger partial charge >= 0.3 is 0 Å². The van der Waals surface area contributed by atoms with E-state index in [1.54, 1.807) is 20.8 Å². The number of rotatable bonds is 1. The summed E-state index contributed by atoms with van der Waals surface area (Å²) in [5, 5.41) is 0. The Morgan fingerprint density at radius 1 is 0.632 bits per heavy atom. The highest BCUT2D eigenvalue weighted by Crippen LogP contribution is 2.40. The minimum atomic E-state index is -1.34. The third kappa shape index (κ3) is 1.96. The molecule has 2 rings (SSSR count). The first-order valence-electron chi connectivity index (χ1n) is 5.66. The molecule has 1 heterocycles. The van der Waals surface area contributed by atoms with Crippen molar-refractivity contribution in [3.8, 4) is 10.4 Å². The maximum Gasteiger partial charge on any atom is 0.170 e. The summed E-state index contributed by atoms with van der Waals surface area (Å²) in [6.45, 7) is 6.30.